The highest BCUT2D eigenvalue weighted by atomic mass is 15.2. The summed E-state index contributed by atoms with van der Waals surface area (Å²) in [6, 6.07) is 1.70. The van der Waals surface area contributed by atoms with Crippen molar-refractivity contribution in [3.8, 4) is 0 Å². The van der Waals surface area contributed by atoms with Crippen LogP contribution in [-0.4, -0.2) is 37.1 Å². The Hall–Kier alpha value is -0.0800. The van der Waals surface area contributed by atoms with Crippen LogP contribution in [-0.2, 0) is 0 Å². The van der Waals surface area contributed by atoms with Gasteiger partial charge in [-0.05, 0) is 57.5 Å². The van der Waals surface area contributed by atoms with Crippen molar-refractivity contribution in [2.45, 2.75) is 70.9 Å². The second-order valence-corrected chi connectivity index (χ2v) is 6.76. The highest BCUT2D eigenvalue weighted by Crippen LogP contribution is 2.33. The van der Waals surface area contributed by atoms with Gasteiger partial charge >= 0.3 is 0 Å². The summed E-state index contributed by atoms with van der Waals surface area (Å²) in [7, 11) is 2.10. The molecule has 2 aliphatic rings. The van der Waals surface area contributed by atoms with Crippen LogP contribution in [0.25, 0.3) is 0 Å². The molecule has 106 valence electrons. The fourth-order valence-corrected chi connectivity index (χ4v) is 4.10. The number of hydrogen-bond donors (Lipinski definition) is 1. The maximum absolute atomic E-state index is 3.38. The number of likely N-dealkylation sites (tertiary alicyclic amines) is 1. The Morgan fingerprint density at radius 1 is 1.06 bits per heavy atom. The quantitative estimate of drug-likeness (QED) is 0.773. The largest absolute Gasteiger partial charge is 0.318 e. The molecule has 0 aromatic rings. The fraction of sp³-hybridized carbons (Fsp3) is 1.00. The molecular formula is C16H32N2. The Kier molecular flexibility index (Phi) is 5.50. The van der Waals surface area contributed by atoms with Crippen molar-refractivity contribution in [3.63, 3.8) is 0 Å². The zero-order chi connectivity index (χ0) is 13.0. The monoisotopic (exact) mass is 252 g/mol. The molecule has 0 aromatic carbocycles. The molecule has 1 N–H and O–H groups in total. The molecule has 0 radical (unpaired) electrons. The van der Waals surface area contributed by atoms with Crippen LogP contribution in [0.3, 0.4) is 0 Å². The molecule has 3 unspecified atom stereocenters. The number of nitrogens with one attached hydrogen (secondary N) is 1. The zero-order valence-corrected chi connectivity index (χ0v) is 12.6. The van der Waals surface area contributed by atoms with Gasteiger partial charge in [0.15, 0.2) is 0 Å². The Morgan fingerprint density at radius 2 is 1.89 bits per heavy atom. The third-order valence-electron chi connectivity index (χ3n) is 5.26. The summed E-state index contributed by atoms with van der Waals surface area (Å²) in [6.45, 7) is 7.35. The summed E-state index contributed by atoms with van der Waals surface area (Å²) in [5.41, 5.74) is 0. The van der Waals surface area contributed by atoms with Crippen LogP contribution in [0.2, 0.25) is 0 Å². The molecule has 1 heterocycles. The van der Waals surface area contributed by atoms with Gasteiger partial charge in [0.1, 0.15) is 0 Å². The molecule has 0 spiro atoms. The molecular weight excluding hydrogens is 220 g/mol. The summed E-state index contributed by atoms with van der Waals surface area (Å²) < 4.78 is 0. The van der Waals surface area contributed by atoms with E-state index in [1.54, 1.807) is 0 Å². The van der Waals surface area contributed by atoms with Gasteiger partial charge in [-0.3, -0.25) is 4.90 Å². The van der Waals surface area contributed by atoms with Crippen LogP contribution in [0.1, 0.15) is 58.8 Å². The smallest absolute Gasteiger partial charge is 0.0223 e. The highest BCUT2D eigenvalue weighted by molar-refractivity contribution is 4.87. The van der Waals surface area contributed by atoms with E-state index >= 15 is 0 Å². The molecule has 3 atom stereocenters. The zero-order valence-electron chi connectivity index (χ0n) is 12.6. The summed E-state index contributed by atoms with van der Waals surface area (Å²) in [6.07, 6.45) is 10.1. The first kappa shape index (κ1) is 14.3. The second kappa shape index (κ2) is 6.91. The van der Waals surface area contributed by atoms with Gasteiger partial charge in [-0.1, -0.05) is 26.7 Å². The molecule has 1 aliphatic heterocycles. The van der Waals surface area contributed by atoms with Gasteiger partial charge in [0.25, 0.3) is 0 Å². The molecule has 0 amide bonds. The van der Waals surface area contributed by atoms with Crippen molar-refractivity contribution in [1.82, 2.24) is 10.2 Å². The Labute approximate surface area is 114 Å². The molecule has 1 saturated carbocycles. The highest BCUT2D eigenvalue weighted by Gasteiger charge is 2.31. The lowest BCUT2D eigenvalue weighted by atomic mass is 9.89. The molecule has 0 bridgehead atoms. The predicted octanol–water partition coefficient (Wildman–Crippen LogP) is 3.28. The van der Waals surface area contributed by atoms with Gasteiger partial charge in [0, 0.05) is 18.6 Å². The van der Waals surface area contributed by atoms with Crippen LogP contribution in [0.5, 0.6) is 0 Å². The lowest BCUT2D eigenvalue weighted by Gasteiger charge is -2.32. The minimum Gasteiger partial charge on any atom is -0.318 e. The number of nitrogens with zero attached hydrogens (tertiary/aromatic N) is 1. The van der Waals surface area contributed by atoms with E-state index in [4.69, 9.17) is 0 Å². The van der Waals surface area contributed by atoms with Crippen molar-refractivity contribution >= 4 is 0 Å². The molecule has 18 heavy (non-hydrogen) atoms. The molecule has 1 saturated heterocycles. The lowest BCUT2D eigenvalue weighted by molar-refractivity contribution is 0.160. The van der Waals surface area contributed by atoms with Gasteiger partial charge in [0.2, 0.25) is 0 Å². The van der Waals surface area contributed by atoms with Gasteiger partial charge in [-0.25, -0.2) is 0 Å². The van der Waals surface area contributed by atoms with Crippen molar-refractivity contribution in [2.75, 3.05) is 20.1 Å². The third kappa shape index (κ3) is 3.48. The Morgan fingerprint density at radius 3 is 2.61 bits per heavy atom. The molecule has 2 rings (SSSR count). The number of hydrogen-bond acceptors (Lipinski definition) is 2. The molecule has 2 nitrogen and oxygen atoms in total. The predicted molar refractivity (Wildman–Crippen MR) is 78.9 cm³/mol. The van der Waals surface area contributed by atoms with E-state index in [2.05, 4.69) is 31.1 Å². The normalized spacial score (nSPS) is 35.0. The van der Waals surface area contributed by atoms with Gasteiger partial charge in [-0.2, -0.15) is 0 Å². The van der Waals surface area contributed by atoms with Crippen LogP contribution in [0, 0.1) is 11.8 Å². The summed E-state index contributed by atoms with van der Waals surface area (Å²) >= 11 is 0. The van der Waals surface area contributed by atoms with Crippen LogP contribution >= 0.6 is 0 Å². The van der Waals surface area contributed by atoms with Gasteiger partial charge in [0.05, 0.1) is 0 Å². The molecule has 0 aromatic heterocycles. The average Bonchev–Trinajstić information content (AvgIpc) is 2.65. The standard InChI is InChI=1S/C16H32N2/c1-13(2)14-6-4-7-15(10-9-14)18-11-5-8-16(18)12-17-3/h13-17H,4-12H2,1-3H3. The Balaban J connectivity index is 1.89. The van der Waals surface area contributed by atoms with E-state index in [1.807, 2.05) is 0 Å². The van der Waals surface area contributed by atoms with Crippen molar-refractivity contribution in [2.24, 2.45) is 11.8 Å². The fourth-order valence-electron chi connectivity index (χ4n) is 4.10. The summed E-state index contributed by atoms with van der Waals surface area (Å²) in [4.78, 5) is 2.83. The second-order valence-electron chi connectivity index (χ2n) is 6.76. The van der Waals surface area contributed by atoms with E-state index in [0.29, 0.717) is 0 Å². The Bertz CT molecular complexity index is 239. The van der Waals surface area contributed by atoms with E-state index < -0.39 is 0 Å². The van der Waals surface area contributed by atoms with Gasteiger partial charge in [-0.15, -0.1) is 0 Å². The summed E-state index contributed by atoms with van der Waals surface area (Å²) in [5.74, 6) is 1.87. The van der Waals surface area contributed by atoms with Crippen molar-refractivity contribution in [1.29, 1.82) is 0 Å². The first-order valence-electron chi connectivity index (χ1n) is 8.12. The van der Waals surface area contributed by atoms with Crippen molar-refractivity contribution < 1.29 is 0 Å². The topological polar surface area (TPSA) is 15.3 Å². The third-order valence-corrected chi connectivity index (χ3v) is 5.26. The number of rotatable bonds is 4. The average molecular weight is 252 g/mol. The van der Waals surface area contributed by atoms with E-state index in [0.717, 1.165) is 23.9 Å². The molecule has 2 fully saturated rings. The molecule has 2 heteroatoms. The van der Waals surface area contributed by atoms with Crippen LogP contribution in [0.15, 0.2) is 0 Å². The van der Waals surface area contributed by atoms with Crippen LogP contribution in [0.4, 0.5) is 0 Å². The summed E-state index contributed by atoms with van der Waals surface area (Å²) in [5, 5.41) is 3.38. The van der Waals surface area contributed by atoms with E-state index in [9.17, 15) is 0 Å². The first-order chi connectivity index (χ1) is 8.72. The molecule has 1 aliphatic carbocycles. The minimum absolute atomic E-state index is 0.815. The SMILES string of the molecule is CNCC1CCCN1C1CCCC(C(C)C)CC1. The first-order valence-corrected chi connectivity index (χ1v) is 8.12. The van der Waals surface area contributed by atoms with Crippen molar-refractivity contribution in [3.05, 3.63) is 0 Å². The number of likely N-dealkylation sites (N-methyl/N-ethyl adjacent to an activating group) is 1. The minimum atomic E-state index is 0.815. The van der Waals surface area contributed by atoms with E-state index in [1.165, 1.54) is 58.0 Å². The maximum Gasteiger partial charge on any atom is 0.0223 e. The maximum atomic E-state index is 3.38. The van der Waals surface area contributed by atoms with Crippen LogP contribution < -0.4 is 5.32 Å². The van der Waals surface area contributed by atoms with E-state index in [-0.39, 0.29) is 0 Å². The lowest BCUT2D eigenvalue weighted by Crippen LogP contribution is -2.43. The van der Waals surface area contributed by atoms with Gasteiger partial charge < -0.3 is 5.32 Å².